The van der Waals surface area contributed by atoms with E-state index in [0.717, 1.165) is 12.2 Å². The number of ketones is 1. The predicted octanol–water partition coefficient (Wildman–Crippen LogP) is 2.40. The Morgan fingerprint density at radius 3 is 2.45 bits per heavy atom. The van der Waals surface area contributed by atoms with Gasteiger partial charge in [0, 0.05) is 18.6 Å². The zero-order valence-corrected chi connectivity index (χ0v) is 10.5. The van der Waals surface area contributed by atoms with Crippen molar-refractivity contribution in [1.82, 2.24) is 4.48 Å². The summed E-state index contributed by atoms with van der Waals surface area (Å²) in [7, 11) is 0. The third-order valence-corrected chi connectivity index (χ3v) is 4.37. The molecule has 0 aromatic heterocycles. The Bertz CT molecular complexity index is 602. The van der Waals surface area contributed by atoms with Crippen LogP contribution in [0, 0.1) is 17.2 Å². The molecule has 3 unspecified atom stereocenters. The van der Waals surface area contributed by atoms with Crippen LogP contribution in [0.4, 0.5) is 18.9 Å². The quantitative estimate of drug-likeness (QED) is 0.617. The largest absolute Gasteiger partial charge is 0.450 e. The second-order valence-corrected chi connectivity index (χ2v) is 5.51. The molecular weight excluding hydrogens is 269 g/mol. The first kappa shape index (κ1) is 13.1. The molecule has 3 nitrogen and oxygen atoms in total. The molecule has 2 fully saturated rings. The van der Waals surface area contributed by atoms with E-state index in [1.807, 2.05) is 6.07 Å². The monoisotopic (exact) mass is 281 g/mol. The van der Waals surface area contributed by atoms with E-state index in [-0.39, 0.29) is 12.6 Å². The maximum absolute atomic E-state index is 12.5. The zero-order valence-electron chi connectivity index (χ0n) is 10.5. The number of halogens is 3. The SMILES string of the molecule is N#Cc1ccc([N+]23CC(C(=O)C(F)(F)F)CC2C3)cc1. The molecule has 104 valence electrons. The molecule has 0 aliphatic carbocycles. The molecule has 2 aliphatic heterocycles. The second-order valence-electron chi connectivity index (χ2n) is 5.51. The van der Waals surface area contributed by atoms with Crippen molar-refractivity contribution in [1.29, 1.82) is 5.26 Å². The number of Topliss-reactive ketones (excluding diaryl/α,β-unsaturated/α-hetero) is 1. The molecule has 3 rings (SSSR count). The minimum absolute atomic E-state index is 0.110. The lowest BCUT2D eigenvalue weighted by Gasteiger charge is -2.18. The minimum atomic E-state index is -4.74. The molecule has 0 saturated carbocycles. The highest BCUT2D eigenvalue weighted by Crippen LogP contribution is 2.49. The van der Waals surface area contributed by atoms with Gasteiger partial charge in [0.05, 0.1) is 24.1 Å². The Morgan fingerprint density at radius 1 is 1.25 bits per heavy atom. The summed E-state index contributed by atoms with van der Waals surface area (Å²) in [6.07, 6.45) is -4.43. The number of hydrogen-bond acceptors (Lipinski definition) is 2. The lowest BCUT2D eigenvalue weighted by atomic mass is 10.00. The number of rotatable bonds is 2. The Balaban J connectivity index is 1.80. The van der Waals surface area contributed by atoms with E-state index in [0.29, 0.717) is 16.5 Å². The van der Waals surface area contributed by atoms with Crippen LogP contribution in [-0.2, 0) is 4.79 Å². The van der Waals surface area contributed by atoms with Gasteiger partial charge in [0.2, 0.25) is 5.78 Å². The van der Waals surface area contributed by atoms with Crippen molar-refractivity contribution in [3.8, 4) is 6.07 Å². The van der Waals surface area contributed by atoms with Crippen molar-refractivity contribution in [2.45, 2.75) is 18.6 Å². The van der Waals surface area contributed by atoms with Crippen molar-refractivity contribution in [2.75, 3.05) is 13.1 Å². The molecule has 1 aromatic carbocycles. The number of piperidine rings is 1. The van der Waals surface area contributed by atoms with Crippen LogP contribution in [0.1, 0.15) is 12.0 Å². The Hall–Kier alpha value is -1.87. The molecule has 0 radical (unpaired) electrons. The average molecular weight is 281 g/mol. The average Bonchev–Trinajstić information content (AvgIpc) is 2.99. The second kappa shape index (κ2) is 4.06. The number of hydrogen-bond donors (Lipinski definition) is 0. The summed E-state index contributed by atoms with van der Waals surface area (Å²) in [6, 6.07) is 9.00. The highest BCUT2D eigenvalue weighted by Gasteiger charge is 2.66. The van der Waals surface area contributed by atoms with Gasteiger partial charge in [-0.2, -0.15) is 18.4 Å². The standard InChI is InChI=1S/C14H12F3N2O/c15-14(16,17)13(20)10-5-12-8-19(12,7-10)11-3-1-9(6-18)2-4-11/h1-4,10,12H,5,7-8H2/q+1. The molecular formula is C14H12F3N2O+. The van der Waals surface area contributed by atoms with E-state index >= 15 is 0 Å². The number of carbonyl (C=O) groups is 1. The summed E-state index contributed by atoms with van der Waals surface area (Å²) in [6.45, 7) is 1.00. The summed E-state index contributed by atoms with van der Waals surface area (Å²) in [5, 5.41) is 8.75. The molecule has 2 heterocycles. The van der Waals surface area contributed by atoms with Gasteiger partial charge < -0.3 is 0 Å². The molecule has 0 N–H and O–H groups in total. The first-order valence-electron chi connectivity index (χ1n) is 6.35. The van der Waals surface area contributed by atoms with Gasteiger partial charge in [0.1, 0.15) is 18.3 Å². The summed E-state index contributed by atoms with van der Waals surface area (Å²) >= 11 is 0. The normalized spacial score (nSPS) is 31.5. The van der Waals surface area contributed by atoms with Crippen molar-refractivity contribution in [3.63, 3.8) is 0 Å². The molecule has 0 amide bonds. The van der Waals surface area contributed by atoms with Gasteiger partial charge in [-0.05, 0) is 12.1 Å². The van der Waals surface area contributed by atoms with Crippen LogP contribution in [0.5, 0.6) is 0 Å². The van der Waals surface area contributed by atoms with Crippen LogP contribution < -0.4 is 4.48 Å². The zero-order chi connectivity index (χ0) is 14.5. The molecule has 20 heavy (non-hydrogen) atoms. The van der Waals surface area contributed by atoms with Crippen LogP contribution >= 0.6 is 0 Å². The van der Waals surface area contributed by atoms with E-state index < -0.39 is 17.9 Å². The summed E-state index contributed by atoms with van der Waals surface area (Å²) in [4.78, 5) is 11.3. The number of nitriles is 1. The first-order chi connectivity index (χ1) is 9.37. The number of carbonyl (C=O) groups excluding carboxylic acids is 1. The number of fused-ring (bicyclic) bond motifs is 1. The number of nitrogens with zero attached hydrogens (tertiary/aromatic N) is 2. The molecule has 3 atom stereocenters. The van der Waals surface area contributed by atoms with Gasteiger partial charge >= 0.3 is 6.18 Å². The highest BCUT2D eigenvalue weighted by atomic mass is 19.4. The van der Waals surface area contributed by atoms with E-state index in [2.05, 4.69) is 0 Å². The fourth-order valence-electron chi connectivity index (χ4n) is 3.30. The predicted molar refractivity (Wildman–Crippen MR) is 65.6 cm³/mol. The fourth-order valence-corrected chi connectivity index (χ4v) is 3.30. The van der Waals surface area contributed by atoms with Gasteiger partial charge in [0.15, 0.2) is 0 Å². The van der Waals surface area contributed by atoms with Crippen molar-refractivity contribution < 1.29 is 18.0 Å². The van der Waals surface area contributed by atoms with Gasteiger partial charge in [-0.1, -0.05) is 0 Å². The van der Waals surface area contributed by atoms with Crippen LogP contribution in [-0.4, -0.2) is 31.1 Å². The molecule has 2 aliphatic rings. The van der Waals surface area contributed by atoms with Crippen LogP contribution in [0.3, 0.4) is 0 Å². The lowest BCUT2D eigenvalue weighted by molar-refractivity contribution is -0.175. The third-order valence-electron chi connectivity index (χ3n) is 4.37. The molecule has 0 bridgehead atoms. The van der Waals surface area contributed by atoms with Gasteiger partial charge in [-0.15, -0.1) is 0 Å². The summed E-state index contributed by atoms with van der Waals surface area (Å²) in [5.74, 6) is -2.53. The topological polar surface area (TPSA) is 40.9 Å². The Labute approximate surface area is 113 Å². The summed E-state index contributed by atoms with van der Waals surface area (Å²) in [5.41, 5.74) is 1.42. The smallest absolute Gasteiger partial charge is 0.289 e. The minimum Gasteiger partial charge on any atom is -0.289 e. The van der Waals surface area contributed by atoms with Gasteiger partial charge in [-0.25, -0.2) is 0 Å². The van der Waals surface area contributed by atoms with Crippen molar-refractivity contribution in [2.24, 2.45) is 5.92 Å². The number of quaternary nitrogens is 1. The van der Waals surface area contributed by atoms with E-state index in [9.17, 15) is 18.0 Å². The molecule has 0 spiro atoms. The molecule has 1 aromatic rings. The first-order valence-corrected chi connectivity index (χ1v) is 6.35. The Morgan fingerprint density at radius 2 is 1.90 bits per heavy atom. The van der Waals surface area contributed by atoms with E-state index in [1.54, 1.807) is 24.3 Å². The molecule has 2 saturated heterocycles. The molecule has 6 heteroatoms. The van der Waals surface area contributed by atoms with E-state index in [4.69, 9.17) is 5.26 Å². The lowest BCUT2D eigenvalue weighted by Crippen LogP contribution is -2.36. The van der Waals surface area contributed by atoms with Crippen LogP contribution in [0.2, 0.25) is 0 Å². The van der Waals surface area contributed by atoms with Gasteiger partial charge in [0.25, 0.3) is 0 Å². The van der Waals surface area contributed by atoms with Crippen LogP contribution in [0.15, 0.2) is 24.3 Å². The maximum atomic E-state index is 12.5. The summed E-state index contributed by atoms with van der Waals surface area (Å²) < 4.78 is 37.9. The highest BCUT2D eigenvalue weighted by molar-refractivity contribution is 5.87. The number of benzene rings is 1. The number of alkyl halides is 3. The van der Waals surface area contributed by atoms with Gasteiger partial charge in [-0.3, -0.25) is 9.28 Å². The Kier molecular flexibility index (Phi) is 2.67. The fraction of sp³-hybridized carbons (Fsp3) is 0.429. The maximum Gasteiger partial charge on any atom is 0.450 e. The van der Waals surface area contributed by atoms with Crippen molar-refractivity contribution in [3.05, 3.63) is 29.8 Å². The van der Waals surface area contributed by atoms with Crippen molar-refractivity contribution >= 4 is 11.5 Å². The van der Waals surface area contributed by atoms with Crippen LogP contribution in [0.25, 0.3) is 0 Å². The van der Waals surface area contributed by atoms with E-state index in [1.165, 1.54) is 0 Å². The third kappa shape index (κ3) is 1.90.